The zero-order valence-corrected chi connectivity index (χ0v) is 16.5. The maximum absolute atomic E-state index is 5.50. The molecule has 134 valence electrons. The van der Waals surface area contributed by atoms with Crippen molar-refractivity contribution >= 4 is 23.5 Å². The van der Waals surface area contributed by atoms with Crippen LogP contribution in [0, 0.1) is 0 Å². The number of thioether (sulfide) groups is 2. The van der Waals surface area contributed by atoms with Crippen molar-refractivity contribution in [1.82, 2.24) is 14.8 Å². The Bertz CT molecular complexity index is 891. The first-order valence-electron chi connectivity index (χ1n) is 8.64. The molecule has 26 heavy (non-hydrogen) atoms. The lowest BCUT2D eigenvalue weighted by molar-refractivity contribution is 0.404. The standard InChI is InChI=1S/C20H21N3OS2/c1-24-17-12-14(8-11-18(17)25-2)13-26-20-22-21-19(15-9-10-15)23(20)16-6-4-3-5-7-16/h3-8,11-12,15H,9-10,13H2,1-2H3. The minimum Gasteiger partial charge on any atom is -0.496 e. The normalized spacial score (nSPS) is 13.8. The quantitative estimate of drug-likeness (QED) is 0.527. The lowest BCUT2D eigenvalue weighted by Crippen LogP contribution is -2.01. The number of hydrogen-bond donors (Lipinski definition) is 0. The van der Waals surface area contributed by atoms with Gasteiger partial charge in [-0.25, -0.2) is 0 Å². The maximum atomic E-state index is 5.50. The fraction of sp³-hybridized carbons (Fsp3) is 0.300. The second-order valence-corrected chi connectivity index (χ2v) is 8.05. The Balaban J connectivity index is 1.59. The summed E-state index contributed by atoms with van der Waals surface area (Å²) in [6, 6.07) is 16.8. The average Bonchev–Trinajstić information content (AvgIpc) is 3.46. The first-order chi connectivity index (χ1) is 12.8. The van der Waals surface area contributed by atoms with Crippen molar-refractivity contribution < 1.29 is 4.74 Å². The topological polar surface area (TPSA) is 39.9 Å². The summed E-state index contributed by atoms with van der Waals surface area (Å²) in [5, 5.41) is 9.93. The van der Waals surface area contributed by atoms with Crippen LogP contribution in [-0.4, -0.2) is 28.1 Å². The van der Waals surface area contributed by atoms with Crippen molar-refractivity contribution in [2.45, 2.75) is 34.6 Å². The Labute approximate surface area is 162 Å². The predicted molar refractivity (Wildman–Crippen MR) is 108 cm³/mol. The molecule has 0 amide bonds. The highest BCUT2D eigenvalue weighted by molar-refractivity contribution is 7.98. The molecular formula is C20H21N3OS2. The van der Waals surface area contributed by atoms with Gasteiger partial charge in [-0.2, -0.15) is 0 Å². The summed E-state index contributed by atoms with van der Waals surface area (Å²) in [5.41, 5.74) is 2.36. The van der Waals surface area contributed by atoms with Crippen LogP contribution in [0.5, 0.6) is 5.75 Å². The van der Waals surface area contributed by atoms with Crippen LogP contribution in [0.3, 0.4) is 0 Å². The first-order valence-corrected chi connectivity index (χ1v) is 10.9. The lowest BCUT2D eigenvalue weighted by atomic mass is 10.2. The van der Waals surface area contributed by atoms with Crippen molar-refractivity contribution in [3.8, 4) is 11.4 Å². The smallest absolute Gasteiger partial charge is 0.196 e. The van der Waals surface area contributed by atoms with Crippen molar-refractivity contribution in [3.05, 3.63) is 59.9 Å². The number of ether oxygens (including phenoxy) is 1. The van der Waals surface area contributed by atoms with Gasteiger partial charge in [-0.3, -0.25) is 4.57 Å². The third-order valence-electron chi connectivity index (χ3n) is 4.43. The third-order valence-corrected chi connectivity index (χ3v) is 6.21. The maximum Gasteiger partial charge on any atom is 0.196 e. The van der Waals surface area contributed by atoms with Crippen LogP contribution in [0.2, 0.25) is 0 Å². The van der Waals surface area contributed by atoms with Crippen molar-refractivity contribution in [2.75, 3.05) is 13.4 Å². The van der Waals surface area contributed by atoms with Gasteiger partial charge in [0.1, 0.15) is 11.6 Å². The molecule has 0 saturated heterocycles. The SMILES string of the molecule is COc1cc(CSc2nnc(C3CC3)n2-c2ccccc2)ccc1SC. The Morgan fingerprint density at radius 2 is 1.92 bits per heavy atom. The van der Waals surface area contributed by atoms with Gasteiger partial charge in [-0.05, 0) is 48.9 Å². The van der Waals surface area contributed by atoms with E-state index >= 15 is 0 Å². The lowest BCUT2D eigenvalue weighted by Gasteiger charge is -2.11. The van der Waals surface area contributed by atoms with E-state index in [1.807, 2.05) is 6.07 Å². The van der Waals surface area contributed by atoms with E-state index < -0.39 is 0 Å². The molecule has 3 aromatic rings. The Morgan fingerprint density at radius 3 is 2.62 bits per heavy atom. The number of rotatable bonds is 7. The van der Waals surface area contributed by atoms with Gasteiger partial charge < -0.3 is 4.74 Å². The molecule has 1 aliphatic rings. The van der Waals surface area contributed by atoms with E-state index in [0.717, 1.165) is 33.1 Å². The summed E-state index contributed by atoms with van der Waals surface area (Å²) >= 11 is 3.42. The molecule has 0 spiro atoms. The van der Waals surface area contributed by atoms with E-state index in [0.29, 0.717) is 5.92 Å². The van der Waals surface area contributed by atoms with E-state index in [2.05, 4.69) is 63.5 Å². The van der Waals surface area contributed by atoms with Crippen LogP contribution in [0.1, 0.15) is 30.1 Å². The molecule has 0 unspecified atom stereocenters. The highest BCUT2D eigenvalue weighted by Crippen LogP contribution is 2.41. The summed E-state index contributed by atoms with van der Waals surface area (Å²) in [4.78, 5) is 1.16. The first kappa shape index (κ1) is 17.5. The Morgan fingerprint density at radius 1 is 1.12 bits per heavy atom. The van der Waals surface area contributed by atoms with Crippen LogP contribution in [-0.2, 0) is 5.75 Å². The largest absolute Gasteiger partial charge is 0.496 e. The van der Waals surface area contributed by atoms with E-state index in [-0.39, 0.29) is 0 Å². The van der Waals surface area contributed by atoms with Gasteiger partial charge >= 0.3 is 0 Å². The molecule has 0 radical (unpaired) electrons. The van der Waals surface area contributed by atoms with Gasteiger partial charge in [0.2, 0.25) is 0 Å². The molecule has 0 N–H and O–H groups in total. The molecule has 1 fully saturated rings. The molecule has 6 heteroatoms. The molecular weight excluding hydrogens is 362 g/mol. The number of nitrogens with zero attached hydrogens (tertiary/aromatic N) is 3. The molecule has 1 heterocycles. The molecule has 4 nitrogen and oxygen atoms in total. The van der Waals surface area contributed by atoms with Crippen molar-refractivity contribution in [2.24, 2.45) is 0 Å². The summed E-state index contributed by atoms with van der Waals surface area (Å²) in [5.74, 6) is 3.41. The predicted octanol–water partition coefficient (Wildman–Crippen LogP) is 5.17. The van der Waals surface area contributed by atoms with Crippen molar-refractivity contribution in [1.29, 1.82) is 0 Å². The molecule has 2 aromatic carbocycles. The Kier molecular flexibility index (Phi) is 5.22. The summed E-state index contributed by atoms with van der Waals surface area (Å²) < 4.78 is 7.72. The fourth-order valence-electron chi connectivity index (χ4n) is 2.92. The number of hydrogen-bond acceptors (Lipinski definition) is 5. The van der Waals surface area contributed by atoms with Gasteiger partial charge in [0, 0.05) is 22.3 Å². The zero-order chi connectivity index (χ0) is 17.9. The van der Waals surface area contributed by atoms with E-state index in [4.69, 9.17) is 4.74 Å². The van der Waals surface area contributed by atoms with Crippen LogP contribution in [0.15, 0.2) is 58.6 Å². The van der Waals surface area contributed by atoms with Gasteiger partial charge in [0.05, 0.1) is 7.11 Å². The fourth-order valence-corrected chi connectivity index (χ4v) is 4.37. The minimum atomic E-state index is 0.554. The van der Waals surface area contributed by atoms with Crippen LogP contribution < -0.4 is 4.74 Å². The van der Waals surface area contributed by atoms with Gasteiger partial charge in [-0.1, -0.05) is 36.0 Å². The number of methoxy groups -OCH3 is 1. The molecule has 4 rings (SSSR count). The number of para-hydroxylation sites is 1. The molecule has 1 aromatic heterocycles. The van der Waals surface area contributed by atoms with E-state index in [1.165, 1.54) is 18.4 Å². The average molecular weight is 384 g/mol. The molecule has 1 saturated carbocycles. The van der Waals surface area contributed by atoms with Gasteiger partial charge in [0.15, 0.2) is 5.16 Å². The van der Waals surface area contributed by atoms with Gasteiger partial charge in [-0.15, -0.1) is 22.0 Å². The minimum absolute atomic E-state index is 0.554. The number of aromatic nitrogens is 3. The summed E-state index contributed by atoms with van der Waals surface area (Å²) in [6.45, 7) is 0. The molecule has 0 bridgehead atoms. The van der Waals surface area contributed by atoms with E-state index in [9.17, 15) is 0 Å². The molecule has 1 aliphatic carbocycles. The monoisotopic (exact) mass is 383 g/mol. The second-order valence-electron chi connectivity index (χ2n) is 6.26. The zero-order valence-electron chi connectivity index (χ0n) is 14.9. The van der Waals surface area contributed by atoms with Crippen LogP contribution in [0.25, 0.3) is 5.69 Å². The highest BCUT2D eigenvalue weighted by atomic mass is 32.2. The van der Waals surface area contributed by atoms with E-state index in [1.54, 1.807) is 30.6 Å². The summed E-state index contributed by atoms with van der Waals surface area (Å²) in [7, 11) is 1.72. The molecule has 0 atom stereocenters. The van der Waals surface area contributed by atoms with Crippen molar-refractivity contribution in [3.63, 3.8) is 0 Å². The third kappa shape index (κ3) is 3.62. The second kappa shape index (κ2) is 7.76. The van der Waals surface area contributed by atoms with Gasteiger partial charge in [0.25, 0.3) is 0 Å². The van der Waals surface area contributed by atoms with Crippen LogP contribution in [0.4, 0.5) is 0 Å². The highest BCUT2D eigenvalue weighted by Gasteiger charge is 2.31. The van der Waals surface area contributed by atoms with Crippen LogP contribution >= 0.6 is 23.5 Å². The molecule has 0 aliphatic heterocycles. The number of benzene rings is 2. The summed E-state index contributed by atoms with van der Waals surface area (Å²) in [6.07, 6.45) is 4.49. The Hall–Kier alpha value is -1.92.